The molecule has 18 heavy (non-hydrogen) atoms. The van der Waals surface area contributed by atoms with Gasteiger partial charge in [-0.15, -0.1) is 0 Å². The molecule has 1 aromatic rings. The molecule has 1 aromatic carbocycles. The smallest absolute Gasteiger partial charge is 0.0231 e. The maximum absolute atomic E-state index is 3.56. The van der Waals surface area contributed by atoms with Crippen molar-refractivity contribution in [3.05, 3.63) is 35.4 Å². The van der Waals surface area contributed by atoms with Crippen molar-refractivity contribution in [1.29, 1.82) is 0 Å². The van der Waals surface area contributed by atoms with E-state index in [-0.39, 0.29) is 0 Å². The van der Waals surface area contributed by atoms with Crippen LogP contribution in [0.3, 0.4) is 0 Å². The topological polar surface area (TPSA) is 15.3 Å². The zero-order valence-electron chi connectivity index (χ0n) is 11.8. The number of aryl methyl sites for hydroxylation is 1. The summed E-state index contributed by atoms with van der Waals surface area (Å²) >= 11 is 0. The standard InChI is InChI=1S/C16H26N2/c1-3-4-14-5-7-15(8-6-14)13-18(2)12-11-17-16-9-10-16/h5-8,16-17H,3-4,9-13H2,1-2H3. The van der Waals surface area contributed by atoms with E-state index in [1.54, 1.807) is 0 Å². The number of benzene rings is 1. The molecule has 0 spiro atoms. The third-order valence-electron chi connectivity index (χ3n) is 3.52. The van der Waals surface area contributed by atoms with Gasteiger partial charge >= 0.3 is 0 Å². The molecule has 0 unspecified atom stereocenters. The van der Waals surface area contributed by atoms with Crippen molar-refractivity contribution in [1.82, 2.24) is 10.2 Å². The van der Waals surface area contributed by atoms with Gasteiger partial charge in [-0.05, 0) is 37.4 Å². The fourth-order valence-electron chi connectivity index (χ4n) is 2.24. The number of nitrogens with zero attached hydrogens (tertiary/aromatic N) is 1. The molecule has 0 saturated heterocycles. The van der Waals surface area contributed by atoms with Gasteiger partial charge in [0.05, 0.1) is 0 Å². The molecule has 2 nitrogen and oxygen atoms in total. The van der Waals surface area contributed by atoms with E-state index in [1.807, 2.05) is 0 Å². The number of likely N-dealkylation sites (N-methyl/N-ethyl adjacent to an activating group) is 1. The van der Waals surface area contributed by atoms with Crippen LogP contribution in [0.1, 0.15) is 37.3 Å². The van der Waals surface area contributed by atoms with Gasteiger partial charge < -0.3 is 10.2 Å². The Hall–Kier alpha value is -0.860. The molecule has 1 aliphatic rings. The predicted octanol–water partition coefficient (Wildman–Crippen LogP) is 2.82. The molecular formula is C16H26N2. The van der Waals surface area contributed by atoms with Crippen LogP contribution in [0.2, 0.25) is 0 Å². The fourth-order valence-corrected chi connectivity index (χ4v) is 2.24. The molecule has 0 heterocycles. The largest absolute Gasteiger partial charge is 0.313 e. The van der Waals surface area contributed by atoms with Crippen LogP contribution in [0.4, 0.5) is 0 Å². The predicted molar refractivity (Wildman–Crippen MR) is 77.8 cm³/mol. The minimum absolute atomic E-state index is 0.826. The molecular weight excluding hydrogens is 220 g/mol. The van der Waals surface area contributed by atoms with Crippen LogP contribution in [-0.2, 0) is 13.0 Å². The Kier molecular flexibility index (Phi) is 5.21. The van der Waals surface area contributed by atoms with Crippen molar-refractivity contribution in [2.45, 2.75) is 45.2 Å². The zero-order chi connectivity index (χ0) is 12.8. The second-order valence-corrected chi connectivity index (χ2v) is 5.53. The summed E-state index contributed by atoms with van der Waals surface area (Å²) in [6, 6.07) is 9.92. The molecule has 100 valence electrons. The molecule has 0 aromatic heterocycles. The van der Waals surface area contributed by atoms with Crippen molar-refractivity contribution in [3.63, 3.8) is 0 Å². The van der Waals surface area contributed by atoms with Crippen molar-refractivity contribution in [2.75, 3.05) is 20.1 Å². The van der Waals surface area contributed by atoms with Gasteiger partial charge in [0.1, 0.15) is 0 Å². The van der Waals surface area contributed by atoms with E-state index in [0.717, 1.165) is 25.7 Å². The number of nitrogens with one attached hydrogen (secondary N) is 1. The Morgan fingerprint density at radius 3 is 2.44 bits per heavy atom. The first kappa shape index (κ1) is 13.6. The molecule has 1 N–H and O–H groups in total. The van der Waals surface area contributed by atoms with Gasteiger partial charge in [-0.3, -0.25) is 0 Å². The summed E-state index contributed by atoms with van der Waals surface area (Å²) in [4.78, 5) is 2.39. The highest BCUT2D eigenvalue weighted by molar-refractivity contribution is 5.22. The molecule has 1 fully saturated rings. The van der Waals surface area contributed by atoms with Crippen LogP contribution in [-0.4, -0.2) is 31.1 Å². The van der Waals surface area contributed by atoms with E-state index in [4.69, 9.17) is 0 Å². The summed E-state index contributed by atoms with van der Waals surface area (Å²) in [7, 11) is 2.20. The first-order valence-electron chi connectivity index (χ1n) is 7.27. The maximum Gasteiger partial charge on any atom is 0.0231 e. The summed E-state index contributed by atoms with van der Waals surface area (Å²) in [6.45, 7) is 5.54. The summed E-state index contributed by atoms with van der Waals surface area (Å²) < 4.78 is 0. The van der Waals surface area contributed by atoms with Crippen LogP contribution < -0.4 is 5.32 Å². The lowest BCUT2D eigenvalue weighted by molar-refractivity contribution is 0.324. The quantitative estimate of drug-likeness (QED) is 0.759. The number of rotatable bonds is 8. The van der Waals surface area contributed by atoms with E-state index < -0.39 is 0 Å². The van der Waals surface area contributed by atoms with Crippen molar-refractivity contribution >= 4 is 0 Å². The number of hydrogen-bond acceptors (Lipinski definition) is 2. The van der Waals surface area contributed by atoms with Crippen molar-refractivity contribution in [3.8, 4) is 0 Å². The van der Waals surface area contributed by atoms with Crippen molar-refractivity contribution in [2.24, 2.45) is 0 Å². The SMILES string of the molecule is CCCc1ccc(CN(C)CCNC2CC2)cc1. The molecule has 0 aliphatic heterocycles. The van der Waals surface area contributed by atoms with Gasteiger partial charge in [0.15, 0.2) is 0 Å². The molecule has 2 rings (SSSR count). The van der Waals surface area contributed by atoms with E-state index >= 15 is 0 Å². The van der Waals surface area contributed by atoms with Gasteiger partial charge in [-0.2, -0.15) is 0 Å². The molecule has 2 heteroatoms. The molecule has 0 atom stereocenters. The Balaban J connectivity index is 1.69. The number of hydrogen-bond donors (Lipinski definition) is 1. The van der Waals surface area contributed by atoms with Gasteiger partial charge in [-0.25, -0.2) is 0 Å². The minimum Gasteiger partial charge on any atom is -0.313 e. The first-order chi connectivity index (χ1) is 8.78. The highest BCUT2D eigenvalue weighted by Gasteiger charge is 2.19. The summed E-state index contributed by atoms with van der Waals surface area (Å²) in [6.07, 6.45) is 5.18. The molecule has 0 amide bonds. The average molecular weight is 246 g/mol. The maximum atomic E-state index is 3.56. The van der Waals surface area contributed by atoms with Crippen LogP contribution in [0.25, 0.3) is 0 Å². The lowest BCUT2D eigenvalue weighted by Crippen LogP contribution is -2.30. The van der Waals surface area contributed by atoms with Crippen LogP contribution in [0.5, 0.6) is 0 Å². The first-order valence-corrected chi connectivity index (χ1v) is 7.27. The summed E-state index contributed by atoms with van der Waals surface area (Å²) in [5.41, 5.74) is 2.88. The van der Waals surface area contributed by atoms with Gasteiger partial charge in [-0.1, -0.05) is 37.6 Å². The Labute approximate surface area is 111 Å². The molecule has 0 radical (unpaired) electrons. The third kappa shape index (κ3) is 4.79. The van der Waals surface area contributed by atoms with Gasteiger partial charge in [0, 0.05) is 25.7 Å². The van der Waals surface area contributed by atoms with E-state index in [0.29, 0.717) is 0 Å². The molecule has 1 saturated carbocycles. The zero-order valence-corrected chi connectivity index (χ0v) is 11.8. The third-order valence-corrected chi connectivity index (χ3v) is 3.52. The minimum atomic E-state index is 0.826. The molecule has 0 bridgehead atoms. The van der Waals surface area contributed by atoms with E-state index in [9.17, 15) is 0 Å². The lowest BCUT2D eigenvalue weighted by Gasteiger charge is -2.17. The Morgan fingerprint density at radius 1 is 1.17 bits per heavy atom. The monoisotopic (exact) mass is 246 g/mol. The second kappa shape index (κ2) is 6.91. The highest BCUT2D eigenvalue weighted by atomic mass is 15.1. The Bertz CT molecular complexity index is 341. The van der Waals surface area contributed by atoms with Crippen molar-refractivity contribution < 1.29 is 0 Å². The van der Waals surface area contributed by atoms with Crippen LogP contribution in [0.15, 0.2) is 24.3 Å². The second-order valence-electron chi connectivity index (χ2n) is 5.53. The van der Waals surface area contributed by atoms with Crippen LogP contribution >= 0.6 is 0 Å². The summed E-state index contributed by atoms with van der Waals surface area (Å²) in [5.74, 6) is 0. The van der Waals surface area contributed by atoms with E-state index in [1.165, 1.54) is 36.8 Å². The highest BCUT2D eigenvalue weighted by Crippen LogP contribution is 2.18. The average Bonchev–Trinajstić information content (AvgIpc) is 3.16. The Morgan fingerprint density at radius 2 is 1.83 bits per heavy atom. The fraction of sp³-hybridized carbons (Fsp3) is 0.625. The van der Waals surface area contributed by atoms with Gasteiger partial charge in [0.25, 0.3) is 0 Å². The van der Waals surface area contributed by atoms with E-state index in [2.05, 4.69) is 48.5 Å². The lowest BCUT2D eigenvalue weighted by atomic mass is 10.1. The van der Waals surface area contributed by atoms with Crippen LogP contribution in [0, 0.1) is 0 Å². The van der Waals surface area contributed by atoms with Gasteiger partial charge in [0.2, 0.25) is 0 Å². The normalized spacial score (nSPS) is 15.3. The molecule has 1 aliphatic carbocycles. The summed E-state index contributed by atoms with van der Waals surface area (Å²) in [5, 5.41) is 3.56.